The molecule has 85 heavy (non-hydrogen) atoms. The van der Waals surface area contributed by atoms with E-state index in [1.165, 1.54) is 116 Å². The van der Waals surface area contributed by atoms with E-state index in [1.807, 2.05) is 0 Å². The second kappa shape index (κ2) is 56.1. The lowest BCUT2D eigenvalue weighted by atomic mass is 10.0. The highest BCUT2D eigenvalue weighted by Crippen LogP contribution is 2.45. The highest BCUT2D eigenvalue weighted by atomic mass is 31.2. The molecule has 0 saturated heterocycles. The molecule has 0 spiro atoms. The largest absolute Gasteiger partial charge is 0.472 e. The maximum Gasteiger partial charge on any atom is 0.472 e. The quantitative estimate of drug-likeness (QED) is 0.0222. The molecule has 0 saturated carbocycles. The first-order valence-electron chi connectivity index (χ1n) is 34.2. The molecule has 0 aromatic heterocycles. The van der Waals surface area contributed by atoms with Crippen LogP contribution in [0.25, 0.3) is 0 Å². The Morgan fingerprint density at radius 2 is 0.494 bits per heavy atom. The first kappa shape index (κ1) is 83.1. The van der Waals surface area contributed by atoms with Gasteiger partial charge in [0.1, 0.15) is 19.3 Å². The maximum absolute atomic E-state index is 13.0. The third kappa shape index (κ3) is 60.7. The first-order valence-corrected chi connectivity index (χ1v) is 37.2. The normalized spacial score (nSPS) is 14.4. The topological polar surface area (TPSA) is 237 Å². The first-order chi connectivity index (χ1) is 40.6. The minimum atomic E-state index is -4.95. The molecule has 0 rings (SSSR count). The number of aliphatic hydroxyl groups excluding tert-OH is 1. The molecule has 5 atom stereocenters. The zero-order valence-corrected chi connectivity index (χ0v) is 57.0. The van der Waals surface area contributed by atoms with Crippen LogP contribution in [-0.4, -0.2) is 96.7 Å². The van der Waals surface area contributed by atoms with Crippen LogP contribution in [0.1, 0.15) is 319 Å². The fourth-order valence-electron chi connectivity index (χ4n) is 9.78. The van der Waals surface area contributed by atoms with E-state index in [-0.39, 0.29) is 25.7 Å². The smallest absolute Gasteiger partial charge is 0.462 e. The van der Waals surface area contributed by atoms with Crippen LogP contribution in [0.3, 0.4) is 0 Å². The summed E-state index contributed by atoms with van der Waals surface area (Å²) in [4.78, 5) is 72.3. The van der Waals surface area contributed by atoms with Crippen molar-refractivity contribution in [3.63, 3.8) is 0 Å². The molecular weight excluding hydrogens is 1130 g/mol. The number of hydrogen-bond acceptors (Lipinski definition) is 15. The predicted molar refractivity (Wildman–Crippen MR) is 340 cm³/mol. The molecule has 0 radical (unpaired) electrons. The molecule has 17 nitrogen and oxygen atoms in total. The maximum atomic E-state index is 13.0. The average Bonchev–Trinajstić information content (AvgIpc) is 3.61. The van der Waals surface area contributed by atoms with E-state index in [0.717, 1.165) is 108 Å². The van der Waals surface area contributed by atoms with Crippen LogP contribution in [0.5, 0.6) is 0 Å². The van der Waals surface area contributed by atoms with Crippen molar-refractivity contribution in [3.05, 3.63) is 0 Å². The lowest BCUT2D eigenvalue weighted by Crippen LogP contribution is -2.30. The van der Waals surface area contributed by atoms with Crippen molar-refractivity contribution >= 4 is 39.5 Å². The van der Waals surface area contributed by atoms with Crippen LogP contribution in [0.4, 0.5) is 0 Å². The van der Waals surface area contributed by atoms with Gasteiger partial charge in [-0.15, -0.1) is 0 Å². The molecule has 19 heteroatoms. The molecule has 0 aliphatic carbocycles. The van der Waals surface area contributed by atoms with Gasteiger partial charge in [-0.1, -0.05) is 267 Å². The van der Waals surface area contributed by atoms with Crippen molar-refractivity contribution in [2.75, 3.05) is 39.6 Å². The van der Waals surface area contributed by atoms with Gasteiger partial charge < -0.3 is 33.8 Å². The Bertz CT molecular complexity index is 1700. The van der Waals surface area contributed by atoms with Crippen molar-refractivity contribution in [2.24, 2.45) is 23.7 Å². The third-order valence-electron chi connectivity index (χ3n) is 15.1. The van der Waals surface area contributed by atoms with Gasteiger partial charge in [-0.25, -0.2) is 9.13 Å². The van der Waals surface area contributed by atoms with Crippen molar-refractivity contribution in [2.45, 2.75) is 337 Å². The van der Waals surface area contributed by atoms with Crippen LogP contribution in [0.15, 0.2) is 0 Å². The van der Waals surface area contributed by atoms with Gasteiger partial charge in [0.15, 0.2) is 12.2 Å². The molecule has 0 heterocycles. The summed E-state index contributed by atoms with van der Waals surface area (Å²) in [5, 5.41) is 10.5. The number of carbonyl (C=O) groups is 4. The van der Waals surface area contributed by atoms with Crippen LogP contribution >= 0.6 is 15.6 Å². The number of esters is 4. The number of hydrogen-bond donors (Lipinski definition) is 3. The second-order valence-corrected chi connectivity index (χ2v) is 28.7. The van der Waals surface area contributed by atoms with Crippen molar-refractivity contribution in [1.29, 1.82) is 0 Å². The lowest BCUT2D eigenvalue weighted by Gasteiger charge is -2.21. The van der Waals surface area contributed by atoms with Gasteiger partial charge in [0, 0.05) is 25.7 Å². The molecule has 504 valence electrons. The Morgan fingerprint density at radius 3 is 0.729 bits per heavy atom. The van der Waals surface area contributed by atoms with Crippen molar-refractivity contribution in [3.8, 4) is 0 Å². The number of phosphoric acid groups is 2. The predicted octanol–water partition coefficient (Wildman–Crippen LogP) is 18.1. The van der Waals surface area contributed by atoms with E-state index in [2.05, 4.69) is 55.4 Å². The van der Waals surface area contributed by atoms with E-state index in [0.29, 0.717) is 37.5 Å². The summed E-state index contributed by atoms with van der Waals surface area (Å²) in [5.74, 6) is 0.735. The Morgan fingerprint density at radius 1 is 0.294 bits per heavy atom. The van der Waals surface area contributed by atoms with Gasteiger partial charge in [-0.2, -0.15) is 0 Å². The molecule has 0 aliphatic rings. The summed E-state index contributed by atoms with van der Waals surface area (Å²) in [7, 11) is -9.89. The van der Waals surface area contributed by atoms with E-state index in [1.54, 1.807) is 0 Å². The zero-order valence-electron chi connectivity index (χ0n) is 55.2. The molecule has 0 aliphatic heterocycles. The Labute approximate surface area is 517 Å². The highest BCUT2D eigenvalue weighted by molar-refractivity contribution is 7.47. The molecular formula is C66H128O17P2. The van der Waals surface area contributed by atoms with Gasteiger partial charge in [-0.05, 0) is 49.4 Å². The van der Waals surface area contributed by atoms with Gasteiger partial charge in [0.05, 0.1) is 26.4 Å². The lowest BCUT2D eigenvalue weighted by molar-refractivity contribution is -0.161. The summed E-state index contributed by atoms with van der Waals surface area (Å²) in [6.07, 6.45) is 36.5. The van der Waals surface area contributed by atoms with E-state index >= 15 is 0 Å². The molecule has 0 bridgehead atoms. The minimum absolute atomic E-state index is 0.102. The Hall–Kier alpha value is -1.94. The standard InChI is InChI=1S/C66H128O17P2/c1-56(2)42-34-26-18-13-11-9-10-12-14-21-30-38-46-63(68)76-52-61(82-65(70)48-40-32-22-16-15-19-27-35-43-57(3)4)54-80-84(72,73)78-50-60(67)51-79-85(74,75)81-55-62(53-77-64(69)47-39-31-25-24-29-37-45-59(7)8)83-66(71)49-41-33-23-17-20-28-36-44-58(5)6/h56-62,67H,9-55H2,1-8H3,(H,72,73)(H,74,75)/t60-,61-,62-/m1/s1. The fraction of sp³-hybridized carbons (Fsp3) is 0.939. The van der Waals surface area contributed by atoms with Crippen LogP contribution < -0.4 is 0 Å². The van der Waals surface area contributed by atoms with Crippen molar-refractivity contribution in [1.82, 2.24) is 0 Å². The van der Waals surface area contributed by atoms with Crippen LogP contribution in [-0.2, 0) is 65.4 Å². The van der Waals surface area contributed by atoms with Crippen molar-refractivity contribution < 1.29 is 80.2 Å². The zero-order chi connectivity index (χ0) is 63.2. The van der Waals surface area contributed by atoms with Crippen LogP contribution in [0, 0.1) is 23.7 Å². The number of carbonyl (C=O) groups excluding carboxylic acids is 4. The number of rotatable bonds is 63. The summed E-state index contributed by atoms with van der Waals surface area (Å²) >= 11 is 0. The average molecular weight is 1260 g/mol. The number of phosphoric ester groups is 2. The van der Waals surface area contributed by atoms with E-state index < -0.39 is 97.5 Å². The molecule has 3 N–H and O–H groups in total. The number of unbranched alkanes of at least 4 members (excludes halogenated alkanes) is 29. The monoisotopic (exact) mass is 1250 g/mol. The molecule has 2 unspecified atom stereocenters. The minimum Gasteiger partial charge on any atom is -0.462 e. The van der Waals surface area contributed by atoms with Crippen LogP contribution in [0.2, 0.25) is 0 Å². The summed E-state index contributed by atoms with van der Waals surface area (Å²) in [6.45, 7) is 13.9. The Balaban J connectivity index is 5.22. The fourth-order valence-corrected chi connectivity index (χ4v) is 11.4. The Kier molecular flexibility index (Phi) is 54.8. The number of aliphatic hydroxyl groups is 1. The van der Waals surface area contributed by atoms with Gasteiger partial charge in [0.2, 0.25) is 0 Å². The van der Waals surface area contributed by atoms with E-state index in [9.17, 15) is 43.2 Å². The van der Waals surface area contributed by atoms with Gasteiger partial charge >= 0.3 is 39.5 Å². The highest BCUT2D eigenvalue weighted by Gasteiger charge is 2.30. The summed E-state index contributed by atoms with van der Waals surface area (Å²) < 4.78 is 68.0. The molecule has 0 amide bonds. The molecule has 0 aromatic rings. The van der Waals surface area contributed by atoms with Gasteiger partial charge in [0.25, 0.3) is 0 Å². The molecule has 0 fully saturated rings. The third-order valence-corrected chi connectivity index (χ3v) is 17.0. The summed E-state index contributed by atoms with van der Waals surface area (Å²) in [5.41, 5.74) is 0. The number of ether oxygens (including phenoxy) is 4. The summed E-state index contributed by atoms with van der Waals surface area (Å²) in [6, 6.07) is 0. The van der Waals surface area contributed by atoms with E-state index in [4.69, 9.17) is 37.0 Å². The molecule has 0 aromatic carbocycles. The SMILES string of the molecule is CC(C)CCCCCCCCCCCCCCC(=O)OC[C@H](COP(=O)(O)OC[C@@H](O)COP(=O)(O)OC[C@@H](COC(=O)CCCCCCCCC(C)C)OC(=O)CCCCCCCCCC(C)C)OC(=O)CCCCCCCCCCC(C)C. The second-order valence-electron chi connectivity index (χ2n) is 25.8. The van der Waals surface area contributed by atoms with Gasteiger partial charge in [-0.3, -0.25) is 37.3 Å².